The van der Waals surface area contributed by atoms with Crippen LogP contribution in [0.4, 0.5) is 10.2 Å². The van der Waals surface area contributed by atoms with Crippen molar-refractivity contribution in [1.29, 1.82) is 0 Å². The number of hydrogen-bond donors (Lipinski definition) is 1. The molecule has 1 heterocycles. The maximum absolute atomic E-state index is 13.3. The molecule has 0 aliphatic rings. The largest absolute Gasteiger partial charge is 0.338 e. The van der Waals surface area contributed by atoms with E-state index in [-0.39, 0.29) is 30.7 Å². The third-order valence-electron chi connectivity index (χ3n) is 3.81. The highest BCUT2D eigenvalue weighted by Crippen LogP contribution is 2.11. The van der Waals surface area contributed by atoms with E-state index in [1.54, 1.807) is 47.3 Å². The van der Waals surface area contributed by atoms with Gasteiger partial charge in [-0.2, -0.15) is 0 Å². The lowest BCUT2D eigenvalue weighted by Crippen LogP contribution is -2.41. The van der Waals surface area contributed by atoms with Crippen molar-refractivity contribution in [1.82, 2.24) is 14.8 Å². The summed E-state index contributed by atoms with van der Waals surface area (Å²) in [4.78, 5) is 31.9. The molecule has 144 valence electrons. The zero-order valence-electron chi connectivity index (χ0n) is 15.3. The quantitative estimate of drug-likeness (QED) is 0.690. The highest BCUT2D eigenvalue weighted by molar-refractivity contribution is 9.10. The van der Waals surface area contributed by atoms with Crippen LogP contribution in [0.15, 0.2) is 47.1 Å². The average molecular weight is 437 g/mol. The number of nitrogens with zero attached hydrogens (tertiary/aromatic N) is 3. The number of anilines is 1. The Balaban J connectivity index is 1.85. The zero-order chi connectivity index (χ0) is 19.8. The van der Waals surface area contributed by atoms with Crippen molar-refractivity contribution in [3.8, 4) is 0 Å². The van der Waals surface area contributed by atoms with E-state index in [1.807, 2.05) is 6.92 Å². The molecule has 2 aromatic rings. The van der Waals surface area contributed by atoms with E-state index in [2.05, 4.69) is 26.2 Å². The van der Waals surface area contributed by atoms with Crippen LogP contribution in [0.3, 0.4) is 0 Å². The van der Waals surface area contributed by atoms with Crippen LogP contribution in [0.25, 0.3) is 0 Å². The van der Waals surface area contributed by atoms with Gasteiger partial charge in [-0.15, -0.1) is 0 Å². The van der Waals surface area contributed by atoms with E-state index in [4.69, 9.17) is 0 Å². The summed E-state index contributed by atoms with van der Waals surface area (Å²) in [5.74, 6) is -0.261. The van der Waals surface area contributed by atoms with Crippen LogP contribution >= 0.6 is 15.9 Å². The number of carbonyl (C=O) groups excluding carboxylic acids is 2. The minimum absolute atomic E-state index is 0.0566. The third kappa shape index (κ3) is 7.07. The van der Waals surface area contributed by atoms with Gasteiger partial charge in [0, 0.05) is 23.8 Å². The molecule has 0 radical (unpaired) electrons. The second kappa shape index (κ2) is 10.1. The molecule has 1 aromatic heterocycles. The van der Waals surface area contributed by atoms with Crippen LogP contribution < -0.4 is 5.32 Å². The molecule has 0 atom stereocenters. The molecule has 0 fully saturated rings. The summed E-state index contributed by atoms with van der Waals surface area (Å²) in [5, 5.41) is 2.68. The molecule has 2 amide bonds. The third-order valence-corrected chi connectivity index (χ3v) is 4.28. The number of amides is 2. The number of halogens is 2. The van der Waals surface area contributed by atoms with E-state index in [0.717, 1.165) is 10.0 Å². The van der Waals surface area contributed by atoms with Crippen LogP contribution in [0.1, 0.15) is 12.5 Å². The van der Waals surface area contributed by atoms with E-state index in [0.29, 0.717) is 18.9 Å². The molecule has 0 unspecified atom stereocenters. The highest BCUT2D eigenvalue weighted by Gasteiger charge is 2.16. The number of pyridine rings is 1. The zero-order valence-corrected chi connectivity index (χ0v) is 16.9. The van der Waals surface area contributed by atoms with E-state index in [9.17, 15) is 14.0 Å². The first kappa shape index (κ1) is 21.0. The molecule has 0 aliphatic heterocycles. The van der Waals surface area contributed by atoms with Crippen LogP contribution in [-0.4, -0.2) is 53.3 Å². The van der Waals surface area contributed by atoms with Gasteiger partial charge in [0.25, 0.3) is 0 Å². The van der Waals surface area contributed by atoms with Gasteiger partial charge in [0.05, 0.1) is 13.1 Å². The van der Waals surface area contributed by atoms with Crippen molar-refractivity contribution in [3.05, 3.63) is 58.4 Å². The van der Waals surface area contributed by atoms with Gasteiger partial charge >= 0.3 is 0 Å². The average Bonchev–Trinajstić information content (AvgIpc) is 2.61. The predicted octanol–water partition coefficient (Wildman–Crippen LogP) is 2.90. The van der Waals surface area contributed by atoms with Crippen molar-refractivity contribution < 1.29 is 14.0 Å². The van der Waals surface area contributed by atoms with Crippen molar-refractivity contribution in [2.75, 3.05) is 32.0 Å². The fourth-order valence-electron chi connectivity index (χ4n) is 2.50. The number of rotatable bonds is 8. The smallest absolute Gasteiger partial charge is 0.239 e. The second-order valence-electron chi connectivity index (χ2n) is 6.12. The van der Waals surface area contributed by atoms with Crippen LogP contribution in [0, 0.1) is 5.82 Å². The minimum Gasteiger partial charge on any atom is -0.338 e. The molecule has 0 aliphatic carbocycles. The lowest BCUT2D eigenvalue weighted by atomic mass is 10.2. The summed E-state index contributed by atoms with van der Waals surface area (Å²) in [6.07, 6.45) is 1.59. The lowest BCUT2D eigenvalue weighted by molar-refractivity contribution is -0.132. The Labute approximate surface area is 166 Å². The maximum atomic E-state index is 13.3. The number of hydrogen-bond acceptors (Lipinski definition) is 4. The standard InChI is InChI=1S/C19H22BrFN4O2/c1-3-25(11-14-5-4-6-16(21)9-14)19(27)13-24(2)12-18(26)23-17-8-7-15(20)10-22-17/h4-10H,3,11-13H2,1-2H3,(H,22,23,26). The monoisotopic (exact) mass is 436 g/mol. The summed E-state index contributed by atoms with van der Waals surface area (Å²) in [6, 6.07) is 9.65. The molecule has 2 rings (SSSR count). The van der Waals surface area contributed by atoms with Crippen molar-refractivity contribution in [3.63, 3.8) is 0 Å². The molecular formula is C19H22BrFN4O2. The van der Waals surface area contributed by atoms with Crippen molar-refractivity contribution >= 4 is 33.6 Å². The minimum atomic E-state index is -0.327. The normalized spacial score (nSPS) is 10.7. The fourth-order valence-corrected chi connectivity index (χ4v) is 2.73. The van der Waals surface area contributed by atoms with Crippen LogP contribution in [0.5, 0.6) is 0 Å². The SMILES string of the molecule is CCN(Cc1cccc(F)c1)C(=O)CN(C)CC(=O)Nc1ccc(Br)cn1. The Morgan fingerprint density at radius 3 is 2.63 bits per heavy atom. The van der Waals surface area contributed by atoms with E-state index >= 15 is 0 Å². The van der Waals surface area contributed by atoms with Crippen molar-refractivity contribution in [2.24, 2.45) is 0 Å². The molecule has 8 heteroatoms. The molecule has 0 saturated carbocycles. The lowest BCUT2D eigenvalue weighted by Gasteiger charge is -2.24. The summed E-state index contributed by atoms with van der Waals surface area (Å²) in [6.45, 7) is 2.84. The Hall–Kier alpha value is -2.32. The molecule has 6 nitrogen and oxygen atoms in total. The van der Waals surface area contributed by atoms with Gasteiger partial charge in [-0.25, -0.2) is 9.37 Å². The van der Waals surface area contributed by atoms with Crippen LogP contribution in [0.2, 0.25) is 0 Å². The summed E-state index contributed by atoms with van der Waals surface area (Å²) in [7, 11) is 1.70. The first-order chi connectivity index (χ1) is 12.9. The number of likely N-dealkylation sites (N-methyl/N-ethyl adjacent to an activating group) is 2. The van der Waals surface area contributed by atoms with Gasteiger partial charge in [-0.05, 0) is 59.7 Å². The molecule has 0 saturated heterocycles. The molecule has 1 aromatic carbocycles. The van der Waals surface area contributed by atoms with Crippen molar-refractivity contribution in [2.45, 2.75) is 13.5 Å². The Morgan fingerprint density at radius 2 is 2.00 bits per heavy atom. The number of benzene rings is 1. The fraction of sp³-hybridized carbons (Fsp3) is 0.316. The molecular weight excluding hydrogens is 415 g/mol. The highest BCUT2D eigenvalue weighted by atomic mass is 79.9. The summed E-state index contributed by atoms with van der Waals surface area (Å²) < 4.78 is 14.1. The Kier molecular flexibility index (Phi) is 7.87. The van der Waals surface area contributed by atoms with Gasteiger partial charge in [-0.1, -0.05) is 12.1 Å². The maximum Gasteiger partial charge on any atom is 0.239 e. The van der Waals surface area contributed by atoms with Gasteiger partial charge in [0.15, 0.2) is 0 Å². The van der Waals surface area contributed by atoms with Gasteiger partial charge in [0.1, 0.15) is 11.6 Å². The number of aromatic nitrogens is 1. The Morgan fingerprint density at radius 1 is 1.22 bits per heavy atom. The van der Waals surface area contributed by atoms with Gasteiger partial charge in [-0.3, -0.25) is 14.5 Å². The van der Waals surface area contributed by atoms with Crippen LogP contribution in [-0.2, 0) is 16.1 Å². The second-order valence-corrected chi connectivity index (χ2v) is 7.04. The first-order valence-electron chi connectivity index (χ1n) is 8.49. The number of carbonyl (C=O) groups is 2. The van der Waals surface area contributed by atoms with Gasteiger partial charge < -0.3 is 10.2 Å². The first-order valence-corrected chi connectivity index (χ1v) is 9.29. The summed E-state index contributed by atoms with van der Waals surface area (Å²) in [5.41, 5.74) is 0.729. The van der Waals surface area contributed by atoms with E-state index < -0.39 is 0 Å². The number of nitrogens with one attached hydrogen (secondary N) is 1. The topological polar surface area (TPSA) is 65.5 Å². The predicted molar refractivity (Wildman–Crippen MR) is 106 cm³/mol. The van der Waals surface area contributed by atoms with E-state index in [1.165, 1.54) is 12.1 Å². The molecule has 27 heavy (non-hydrogen) atoms. The molecule has 1 N–H and O–H groups in total. The summed E-state index contributed by atoms with van der Waals surface area (Å²) >= 11 is 3.28. The Bertz CT molecular complexity index is 786. The van der Waals surface area contributed by atoms with Gasteiger partial charge in [0.2, 0.25) is 11.8 Å². The molecule has 0 bridgehead atoms. The molecule has 0 spiro atoms.